The van der Waals surface area contributed by atoms with Gasteiger partial charge in [-0.1, -0.05) is 42.5 Å². The molecule has 0 radical (unpaired) electrons. The maximum atomic E-state index is 13.0. The molecule has 0 heterocycles. The number of rotatable bonds is 8. The fraction of sp³-hybridized carbons (Fsp3) is 0.0870. The standard InChI is InChI=1S/C23H21N5O4/c24-21(25)17-8-10-18(11-9-17)27-23(30)20(16-4-2-1-3-5-16)22(29)26-14-15-6-12-19(13-7-15)28(31)32/h1-13,20H,14H2,(H3,24,25)(H,26,29)(H,27,30). The van der Waals surface area contributed by atoms with Crippen molar-refractivity contribution in [1.29, 1.82) is 5.41 Å². The van der Waals surface area contributed by atoms with Crippen LogP contribution in [0.4, 0.5) is 11.4 Å². The van der Waals surface area contributed by atoms with Crippen molar-refractivity contribution in [1.82, 2.24) is 5.32 Å². The number of amidine groups is 1. The summed E-state index contributed by atoms with van der Waals surface area (Å²) in [6, 6.07) is 20.9. The number of nitrogens with two attached hydrogens (primary N) is 1. The van der Waals surface area contributed by atoms with E-state index in [2.05, 4.69) is 10.6 Å². The average molecular weight is 431 g/mol. The molecular weight excluding hydrogens is 410 g/mol. The highest BCUT2D eigenvalue weighted by Crippen LogP contribution is 2.20. The molecule has 0 spiro atoms. The highest BCUT2D eigenvalue weighted by Gasteiger charge is 2.28. The van der Waals surface area contributed by atoms with Crippen LogP contribution in [0, 0.1) is 15.5 Å². The Bertz CT molecular complexity index is 1130. The summed E-state index contributed by atoms with van der Waals surface area (Å²) in [7, 11) is 0. The van der Waals surface area contributed by atoms with Gasteiger partial charge in [0.05, 0.1) is 4.92 Å². The molecule has 9 heteroatoms. The van der Waals surface area contributed by atoms with Crippen molar-refractivity contribution in [2.24, 2.45) is 5.73 Å². The van der Waals surface area contributed by atoms with Crippen LogP contribution >= 0.6 is 0 Å². The minimum atomic E-state index is -1.11. The molecule has 32 heavy (non-hydrogen) atoms. The third kappa shape index (κ3) is 5.54. The van der Waals surface area contributed by atoms with E-state index in [1.807, 2.05) is 0 Å². The van der Waals surface area contributed by atoms with Gasteiger partial charge in [0.15, 0.2) is 0 Å². The van der Waals surface area contributed by atoms with E-state index in [4.69, 9.17) is 11.1 Å². The molecule has 1 atom stereocenters. The van der Waals surface area contributed by atoms with Crippen molar-refractivity contribution in [3.63, 3.8) is 0 Å². The van der Waals surface area contributed by atoms with Gasteiger partial charge in [-0.25, -0.2) is 0 Å². The number of amides is 2. The zero-order chi connectivity index (χ0) is 23.1. The van der Waals surface area contributed by atoms with Gasteiger partial charge in [-0.15, -0.1) is 0 Å². The Morgan fingerprint density at radius 3 is 2.12 bits per heavy atom. The summed E-state index contributed by atoms with van der Waals surface area (Å²) in [5, 5.41) is 23.7. The van der Waals surface area contributed by atoms with Gasteiger partial charge in [0.1, 0.15) is 11.8 Å². The molecule has 0 bridgehead atoms. The predicted molar refractivity (Wildman–Crippen MR) is 120 cm³/mol. The second-order valence-corrected chi connectivity index (χ2v) is 6.97. The van der Waals surface area contributed by atoms with E-state index in [-0.39, 0.29) is 18.1 Å². The molecule has 162 valence electrons. The van der Waals surface area contributed by atoms with Crippen LogP contribution in [0.15, 0.2) is 78.9 Å². The lowest BCUT2D eigenvalue weighted by atomic mass is 9.97. The molecule has 0 saturated heterocycles. The molecular formula is C23H21N5O4. The zero-order valence-corrected chi connectivity index (χ0v) is 16.9. The molecule has 0 aliphatic rings. The van der Waals surface area contributed by atoms with Gasteiger partial charge in [0, 0.05) is 29.9 Å². The highest BCUT2D eigenvalue weighted by molar-refractivity contribution is 6.11. The number of nitrogens with zero attached hydrogens (tertiary/aromatic N) is 1. The molecule has 0 aliphatic carbocycles. The van der Waals surface area contributed by atoms with Gasteiger partial charge < -0.3 is 16.4 Å². The Morgan fingerprint density at radius 2 is 1.56 bits per heavy atom. The number of carbonyl (C=O) groups is 2. The molecule has 0 aromatic heterocycles. The van der Waals surface area contributed by atoms with E-state index in [1.54, 1.807) is 66.7 Å². The molecule has 9 nitrogen and oxygen atoms in total. The fourth-order valence-electron chi connectivity index (χ4n) is 3.04. The molecule has 0 saturated carbocycles. The quantitative estimate of drug-likeness (QED) is 0.142. The van der Waals surface area contributed by atoms with Crippen molar-refractivity contribution in [3.05, 3.63) is 106 Å². The monoisotopic (exact) mass is 431 g/mol. The summed E-state index contributed by atoms with van der Waals surface area (Å²) >= 11 is 0. The predicted octanol–water partition coefficient (Wildman–Crippen LogP) is 2.92. The molecule has 1 unspecified atom stereocenters. The first-order valence-electron chi connectivity index (χ1n) is 9.66. The normalized spacial score (nSPS) is 11.2. The van der Waals surface area contributed by atoms with E-state index >= 15 is 0 Å². The number of hydrogen-bond acceptors (Lipinski definition) is 5. The summed E-state index contributed by atoms with van der Waals surface area (Å²) in [5.74, 6) is -2.22. The minimum absolute atomic E-state index is 0.0441. The molecule has 0 fully saturated rings. The Balaban J connectivity index is 1.74. The lowest BCUT2D eigenvalue weighted by molar-refractivity contribution is -0.384. The van der Waals surface area contributed by atoms with Crippen LogP contribution < -0.4 is 16.4 Å². The number of non-ortho nitro benzene ring substituents is 1. The summed E-state index contributed by atoms with van der Waals surface area (Å²) in [4.78, 5) is 36.2. The molecule has 5 N–H and O–H groups in total. The summed E-state index contributed by atoms with van der Waals surface area (Å²) in [6.45, 7) is 0.112. The number of nitro groups is 1. The lowest BCUT2D eigenvalue weighted by Gasteiger charge is -2.17. The third-order valence-electron chi connectivity index (χ3n) is 4.73. The number of nitro benzene ring substituents is 1. The van der Waals surface area contributed by atoms with Crippen LogP contribution in [0.2, 0.25) is 0 Å². The maximum absolute atomic E-state index is 13.0. The van der Waals surface area contributed by atoms with E-state index in [0.717, 1.165) is 0 Å². The number of hydrogen-bond donors (Lipinski definition) is 4. The van der Waals surface area contributed by atoms with E-state index in [1.165, 1.54) is 12.1 Å². The van der Waals surface area contributed by atoms with E-state index < -0.39 is 22.7 Å². The van der Waals surface area contributed by atoms with Gasteiger partial charge in [-0.2, -0.15) is 0 Å². The first kappa shape index (κ1) is 22.2. The first-order valence-corrected chi connectivity index (χ1v) is 9.66. The average Bonchev–Trinajstić information content (AvgIpc) is 2.79. The van der Waals surface area contributed by atoms with Crippen LogP contribution in [0.1, 0.15) is 22.6 Å². The Hall–Kier alpha value is -4.53. The molecule has 2 amide bonds. The van der Waals surface area contributed by atoms with Gasteiger partial charge >= 0.3 is 0 Å². The Labute approximate surface area is 183 Å². The van der Waals surface area contributed by atoms with Crippen molar-refractivity contribution in [3.8, 4) is 0 Å². The van der Waals surface area contributed by atoms with Gasteiger partial charge in [-0.3, -0.25) is 25.1 Å². The maximum Gasteiger partial charge on any atom is 0.269 e. The molecule has 3 aromatic rings. The van der Waals surface area contributed by atoms with Crippen LogP contribution in [-0.2, 0) is 16.1 Å². The van der Waals surface area contributed by atoms with Crippen LogP contribution in [-0.4, -0.2) is 22.6 Å². The summed E-state index contributed by atoms with van der Waals surface area (Å²) in [6.07, 6.45) is 0. The lowest BCUT2D eigenvalue weighted by Crippen LogP contribution is -2.36. The molecule has 3 rings (SSSR count). The minimum Gasteiger partial charge on any atom is -0.384 e. The Kier molecular flexibility index (Phi) is 6.92. The number of nitrogen functional groups attached to an aromatic ring is 1. The SMILES string of the molecule is N=C(N)c1ccc(NC(=O)C(C(=O)NCc2ccc([N+](=O)[O-])cc2)c2ccccc2)cc1. The van der Waals surface area contributed by atoms with Gasteiger partial charge in [0.25, 0.3) is 5.69 Å². The second-order valence-electron chi connectivity index (χ2n) is 6.97. The zero-order valence-electron chi connectivity index (χ0n) is 16.9. The number of anilines is 1. The number of benzene rings is 3. The topological polar surface area (TPSA) is 151 Å². The van der Waals surface area contributed by atoms with Crippen molar-refractivity contribution < 1.29 is 14.5 Å². The van der Waals surface area contributed by atoms with Gasteiger partial charge in [-0.05, 0) is 35.4 Å². The van der Waals surface area contributed by atoms with E-state index in [9.17, 15) is 19.7 Å². The molecule has 0 aliphatic heterocycles. The van der Waals surface area contributed by atoms with Crippen LogP contribution in [0.25, 0.3) is 0 Å². The smallest absolute Gasteiger partial charge is 0.269 e. The second kappa shape index (κ2) is 9.98. The van der Waals surface area contributed by atoms with Crippen LogP contribution in [0.3, 0.4) is 0 Å². The highest BCUT2D eigenvalue weighted by atomic mass is 16.6. The summed E-state index contributed by atoms with van der Waals surface area (Å²) in [5.41, 5.74) is 7.56. The van der Waals surface area contributed by atoms with Crippen molar-refractivity contribution in [2.45, 2.75) is 12.5 Å². The summed E-state index contributed by atoms with van der Waals surface area (Å²) < 4.78 is 0. The largest absolute Gasteiger partial charge is 0.384 e. The Morgan fingerprint density at radius 1 is 0.938 bits per heavy atom. The van der Waals surface area contributed by atoms with Crippen molar-refractivity contribution >= 4 is 29.0 Å². The van der Waals surface area contributed by atoms with Crippen molar-refractivity contribution in [2.75, 3.05) is 5.32 Å². The number of carbonyl (C=O) groups excluding carboxylic acids is 2. The van der Waals surface area contributed by atoms with Crippen LogP contribution in [0.5, 0.6) is 0 Å². The number of nitrogens with one attached hydrogen (secondary N) is 3. The molecule has 3 aromatic carbocycles. The van der Waals surface area contributed by atoms with Gasteiger partial charge in [0.2, 0.25) is 11.8 Å². The first-order chi connectivity index (χ1) is 15.3. The third-order valence-corrected chi connectivity index (χ3v) is 4.73. The fourth-order valence-corrected chi connectivity index (χ4v) is 3.04. The van der Waals surface area contributed by atoms with E-state index in [0.29, 0.717) is 22.4 Å².